The monoisotopic (exact) mass is 439 g/mol. The molecule has 0 spiro atoms. The normalized spacial score (nSPS) is 15.5. The van der Waals surface area contributed by atoms with Crippen LogP contribution in [0.4, 0.5) is 0 Å². The lowest BCUT2D eigenvalue weighted by Crippen LogP contribution is -2.39. The molecular formula is C23H26N3O2PS. The van der Waals surface area contributed by atoms with Gasteiger partial charge in [0.15, 0.2) is 10.6 Å². The number of hydrogen-bond donors (Lipinski definition) is 0. The van der Waals surface area contributed by atoms with E-state index in [0.29, 0.717) is 16.7 Å². The smallest absolute Gasteiger partial charge is 0.262 e. The minimum Gasteiger partial charge on any atom is -0.302 e. The molecule has 0 radical (unpaired) electrons. The van der Waals surface area contributed by atoms with E-state index in [1.54, 1.807) is 4.57 Å². The lowest BCUT2D eigenvalue weighted by atomic mass is 9.89. The Balaban J connectivity index is 1.44. The summed E-state index contributed by atoms with van der Waals surface area (Å²) >= 11 is 5.56. The molecule has 0 saturated carbocycles. The number of likely N-dealkylation sites (tertiary alicyclic amines) is 1. The SMILES string of the molecule is Cc1ccc2c(c1)c(=O)n(CCN1CCC(C(=O)c3ccccc3)CC1)c(=S)n2P. The average Bonchev–Trinajstić information content (AvgIpc) is 2.78. The molecular weight excluding hydrogens is 413 g/mol. The number of ketones is 1. The van der Waals surface area contributed by atoms with E-state index < -0.39 is 0 Å². The highest BCUT2D eigenvalue weighted by Crippen LogP contribution is 2.22. The number of aromatic nitrogens is 2. The Kier molecular flexibility index (Phi) is 6.28. The van der Waals surface area contributed by atoms with Gasteiger partial charge in [0.05, 0.1) is 10.9 Å². The molecule has 2 heterocycles. The van der Waals surface area contributed by atoms with E-state index in [1.165, 1.54) is 0 Å². The number of carbonyl (C=O) groups is 1. The van der Waals surface area contributed by atoms with Crippen molar-refractivity contribution >= 4 is 38.3 Å². The van der Waals surface area contributed by atoms with Crippen LogP contribution in [0.3, 0.4) is 0 Å². The predicted molar refractivity (Wildman–Crippen MR) is 127 cm³/mol. The molecule has 1 fully saturated rings. The zero-order chi connectivity index (χ0) is 21.3. The zero-order valence-corrected chi connectivity index (χ0v) is 19.1. The molecule has 0 aliphatic carbocycles. The first-order chi connectivity index (χ1) is 14.5. The van der Waals surface area contributed by atoms with Gasteiger partial charge in [0.2, 0.25) is 0 Å². The van der Waals surface area contributed by atoms with E-state index >= 15 is 0 Å². The highest BCUT2D eigenvalue weighted by atomic mass is 32.1. The number of piperidine rings is 1. The summed E-state index contributed by atoms with van der Waals surface area (Å²) in [6.45, 7) is 5.00. The maximum absolute atomic E-state index is 13.0. The Bertz CT molecular complexity index is 1190. The molecule has 156 valence electrons. The van der Waals surface area contributed by atoms with Crippen LogP contribution in [0.25, 0.3) is 10.9 Å². The minimum absolute atomic E-state index is 0.0356. The van der Waals surface area contributed by atoms with Gasteiger partial charge < -0.3 is 9.24 Å². The summed E-state index contributed by atoms with van der Waals surface area (Å²) in [5.74, 6) is 0.326. The third kappa shape index (κ3) is 4.18. The quantitative estimate of drug-likeness (QED) is 0.342. The van der Waals surface area contributed by atoms with E-state index in [9.17, 15) is 9.59 Å². The Morgan fingerprint density at radius 3 is 2.50 bits per heavy atom. The lowest BCUT2D eigenvalue weighted by Gasteiger charge is -2.31. The molecule has 1 aromatic heterocycles. The highest BCUT2D eigenvalue weighted by Gasteiger charge is 2.25. The Labute approximate surface area is 183 Å². The van der Waals surface area contributed by atoms with Crippen LogP contribution in [0.15, 0.2) is 53.3 Å². The minimum atomic E-state index is -0.0356. The second kappa shape index (κ2) is 8.93. The fourth-order valence-electron chi connectivity index (χ4n) is 4.19. The van der Waals surface area contributed by atoms with Gasteiger partial charge in [0, 0.05) is 24.6 Å². The second-order valence-electron chi connectivity index (χ2n) is 7.98. The van der Waals surface area contributed by atoms with E-state index in [2.05, 4.69) is 14.3 Å². The molecule has 1 saturated heterocycles. The second-order valence-corrected chi connectivity index (χ2v) is 8.86. The predicted octanol–water partition coefficient (Wildman–Crippen LogP) is 4.07. The van der Waals surface area contributed by atoms with Crippen LogP contribution in [0.2, 0.25) is 0 Å². The number of fused-ring (bicyclic) bond motifs is 1. The van der Waals surface area contributed by atoms with E-state index in [1.807, 2.05) is 59.8 Å². The number of nitrogens with zero attached hydrogens (tertiary/aromatic N) is 3. The summed E-state index contributed by atoms with van der Waals surface area (Å²) in [4.78, 5) is 28.0. The lowest BCUT2D eigenvalue weighted by molar-refractivity contribution is 0.0837. The van der Waals surface area contributed by atoms with Gasteiger partial charge in [-0.05, 0) is 66.6 Å². The Morgan fingerprint density at radius 2 is 1.80 bits per heavy atom. The van der Waals surface area contributed by atoms with Crippen LogP contribution < -0.4 is 5.56 Å². The van der Waals surface area contributed by atoms with Crippen molar-refractivity contribution in [2.45, 2.75) is 26.3 Å². The van der Waals surface area contributed by atoms with Crippen molar-refractivity contribution < 1.29 is 4.79 Å². The highest BCUT2D eigenvalue weighted by molar-refractivity contribution is 7.71. The van der Waals surface area contributed by atoms with E-state index in [4.69, 9.17) is 12.2 Å². The van der Waals surface area contributed by atoms with Crippen molar-refractivity contribution in [3.63, 3.8) is 0 Å². The van der Waals surface area contributed by atoms with Crippen LogP contribution in [0.1, 0.15) is 28.8 Å². The first-order valence-corrected chi connectivity index (χ1v) is 11.2. The van der Waals surface area contributed by atoms with Gasteiger partial charge in [-0.15, -0.1) is 0 Å². The van der Waals surface area contributed by atoms with Gasteiger partial charge in [0.1, 0.15) is 0 Å². The molecule has 5 nitrogen and oxygen atoms in total. The van der Waals surface area contributed by atoms with Crippen molar-refractivity contribution in [1.29, 1.82) is 0 Å². The fourth-order valence-corrected chi connectivity index (χ4v) is 4.83. The van der Waals surface area contributed by atoms with Gasteiger partial charge in [0.25, 0.3) is 5.56 Å². The summed E-state index contributed by atoms with van der Waals surface area (Å²) in [5.41, 5.74) is 2.65. The number of aryl methyl sites for hydroxylation is 1. The molecule has 1 atom stereocenters. The van der Waals surface area contributed by atoms with Crippen molar-refractivity contribution in [2.24, 2.45) is 5.92 Å². The van der Waals surface area contributed by atoms with Crippen LogP contribution in [-0.4, -0.2) is 39.2 Å². The van der Waals surface area contributed by atoms with Gasteiger partial charge in [-0.2, -0.15) is 0 Å². The van der Waals surface area contributed by atoms with Crippen molar-refractivity contribution in [1.82, 2.24) is 13.8 Å². The third-order valence-corrected chi connectivity index (χ3v) is 7.11. The molecule has 3 aromatic rings. The molecule has 4 rings (SSSR count). The molecule has 7 heteroatoms. The van der Waals surface area contributed by atoms with Crippen LogP contribution >= 0.6 is 21.6 Å². The largest absolute Gasteiger partial charge is 0.302 e. The summed E-state index contributed by atoms with van der Waals surface area (Å²) in [6, 6.07) is 15.4. The number of benzene rings is 2. The Hall–Kier alpha value is -2.14. The Morgan fingerprint density at radius 1 is 1.10 bits per heavy atom. The summed E-state index contributed by atoms with van der Waals surface area (Å²) < 4.78 is 4.03. The molecule has 0 bridgehead atoms. The molecule has 2 aromatic carbocycles. The topological polar surface area (TPSA) is 47.2 Å². The maximum atomic E-state index is 13.0. The molecule has 1 unspecified atom stereocenters. The summed E-state index contributed by atoms with van der Waals surface area (Å²) in [6.07, 6.45) is 1.70. The van der Waals surface area contributed by atoms with Gasteiger partial charge >= 0.3 is 0 Å². The summed E-state index contributed by atoms with van der Waals surface area (Å²) in [5, 5.41) is 0.686. The van der Waals surface area contributed by atoms with Crippen LogP contribution in [-0.2, 0) is 6.54 Å². The maximum Gasteiger partial charge on any atom is 0.262 e. The first-order valence-electron chi connectivity index (χ1n) is 10.3. The summed E-state index contributed by atoms with van der Waals surface area (Å²) in [7, 11) is 2.62. The van der Waals surface area contributed by atoms with Gasteiger partial charge in [-0.25, -0.2) is 0 Å². The standard InChI is InChI=1S/C23H26N3O2PS/c1-16-7-8-20-19(15-16)22(28)25(23(30)26(20)29)14-13-24-11-9-18(10-12-24)21(27)17-5-3-2-4-6-17/h2-8,15,18H,9-14,29H2,1H3. The van der Waals surface area contributed by atoms with Gasteiger partial charge in [-0.3, -0.25) is 14.2 Å². The van der Waals surface area contributed by atoms with Gasteiger partial charge in [-0.1, -0.05) is 42.0 Å². The van der Waals surface area contributed by atoms with Crippen molar-refractivity contribution in [3.05, 3.63) is 74.8 Å². The fraction of sp³-hybridized carbons (Fsp3) is 0.348. The molecule has 0 amide bonds. The van der Waals surface area contributed by atoms with E-state index in [0.717, 1.165) is 49.1 Å². The third-order valence-electron chi connectivity index (χ3n) is 5.98. The van der Waals surface area contributed by atoms with Crippen LogP contribution in [0, 0.1) is 17.6 Å². The zero-order valence-electron chi connectivity index (χ0n) is 17.1. The molecule has 30 heavy (non-hydrogen) atoms. The average molecular weight is 440 g/mol. The number of carbonyl (C=O) groups excluding carboxylic acids is 1. The van der Waals surface area contributed by atoms with E-state index in [-0.39, 0.29) is 17.3 Å². The molecule has 0 N–H and O–H groups in total. The molecule has 1 aliphatic heterocycles. The number of Topliss-reactive ketones (excluding diaryl/α,β-unsaturated/α-hetero) is 1. The number of rotatable bonds is 5. The van der Waals surface area contributed by atoms with Crippen molar-refractivity contribution in [3.8, 4) is 0 Å². The first kappa shape index (κ1) is 21.1. The molecule has 1 aliphatic rings. The van der Waals surface area contributed by atoms with Crippen LogP contribution in [0.5, 0.6) is 0 Å². The number of hydrogen-bond acceptors (Lipinski definition) is 4. The van der Waals surface area contributed by atoms with Crippen molar-refractivity contribution in [2.75, 3.05) is 19.6 Å².